The van der Waals surface area contributed by atoms with Crippen molar-refractivity contribution < 1.29 is 4.79 Å². The van der Waals surface area contributed by atoms with Gasteiger partial charge in [0.15, 0.2) is 5.78 Å². The third-order valence-electron chi connectivity index (χ3n) is 3.07. The lowest BCUT2D eigenvalue weighted by molar-refractivity contribution is 0.0991. The number of hydrogen-bond acceptors (Lipinski definition) is 3. The van der Waals surface area contributed by atoms with Crippen molar-refractivity contribution in [3.8, 4) is 0 Å². The van der Waals surface area contributed by atoms with E-state index in [-0.39, 0.29) is 5.78 Å². The molecule has 2 aromatic heterocycles. The minimum Gasteiger partial charge on any atom is -0.294 e. The molecule has 0 atom stereocenters. The van der Waals surface area contributed by atoms with Crippen molar-refractivity contribution in [2.75, 3.05) is 0 Å². The van der Waals surface area contributed by atoms with Crippen molar-refractivity contribution in [2.45, 2.75) is 33.2 Å². The lowest BCUT2D eigenvalue weighted by Gasteiger charge is -2.03. The number of ketones is 1. The van der Waals surface area contributed by atoms with Crippen LogP contribution >= 0.6 is 0 Å². The van der Waals surface area contributed by atoms with Crippen LogP contribution in [-0.4, -0.2) is 25.3 Å². The molecule has 0 aliphatic carbocycles. The van der Waals surface area contributed by atoms with Crippen LogP contribution in [0.4, 0.5) is 0 Å². The predicted molar refractivity (Wildman–Crippen MR) is 68.6 cm³/mol. The van der Waals surface area contributed by atoms with Crippen molar-refractivity contribution in [2.24, 2.45) is 7.05 Å². The Morgan fingerprint density at radius 2 is 2.17 bits per heavy atom. The number of hydrogen-bond donors (Lipinski definition) is 0. The fourth-order valence-electron chi connectivity index (χ4n) is 1.79. The Balaban J connectivity index is 2.14. The van der Waals surface area contributed by atoms with Gasteiger partial charge >= 0.3 is 0 Å². The van der Waals surface area contributed by atoms with E-state index < -0.39 is 0 Å². The average molecular weight is 246 g/mol. The van der Waals surface area contributed by atoms with Crippen molar-refractivity contribution >= 4 is 5.78 Å². The van der Waals surface area contributed by atoms with Crippen LogP contribution in [0.1, 0.15) is 41.6 Å². The van der Waals surface area contributed by atoms with Gasteiger partial charge in [0.05, 0.1) is 23.9 Å². The molecule has 0 fully saturated rings. The molecule has 0 aliphatic rings. The molecule has 0 N–H and O–H groups in total. The third kappa shape index (κ3) is 2.34. The zero-order chi connectivity index (χ0) is 13.3. The topological polar surface area (TPSA) is 52.7 Å². The molecule has 0 saturated carbocycles. The quantitative estimate of drug-likeness (QED) is 0.775. The van der Waals surface area contributed by atoms with E-state index in [1.54, 1.807) is 10.9 Å². The summed E-state index contributed by atoms with van der Waals surface area (Å²) >= 11 is 0. The first-order valence-corrected chi connectivity index (χ1v) is 6.05. The summed E-state index contributed by atoms with van der Waals surface area (Å²) in [5.74, 6) is 0.0645. The van der Waals surface area contributed by atoms with Gasteiger partial charge in [-0.25, -0.2) is 0 Å². The molecule has 0 aliphatic heterocycles. The van der Waals surface area contributed by atoms with Crippen molar-refractivity contribution in [3.05, 3.63) is 35.4 Å². The van der Waals surface area contributed by atoms with Gasteiger partial charge in [-0.2, -0.15) is 10.2 Å². The molecule has 18 heavy (non-hydrogen) atoms. The number of aromatic nitrogens is 4. The fourth-order valence-corrected chi connectivity index (χ4v) is 1.79. The summed E-state index contributed by atoms with van der Waals surface area (Å²) < 4.78 is 3.57. The Labute approximate surface area is 106 Å². The van der Waals surface area contributed by atoms with Gasteiger partial charge in [0.1, 0.15) is 0 Å². The molecule has 0 bridgehead atoms. The highest BCUT2D eigenvalue weighted by Crippen LogP contribution is 2.11. The van der Waals surface area contributed by atoms with Crippen LogP contribution in [-0.2, 0) is 13.5 Å². The highest BCUT2D eigenvalue weighted by atomic mass is 16.1. The molecule has 2 aromatic rings. The first kappa shape index (κ1) is 12.5. The normalized spacial score (nSPS) is 11.2. The Morgan fingerprint density at radius 3 is 2.67 bits per heavy atom. The number of nitrogens with zero attached hydrogens (tertiary/aromatic N) is 4. The van der Waals surface area contributed by atoms with E-state index in [9.17, 15) is 4.79 Å². The molecule has 2 heterocycles. The van der Waals surface area contributed by atoms with Gasteiger partial charge in [0.25, 0.3) is 0 Å². The summed E-state index contributed by atoms with van der Waals surface area (Å²) in [4.78, 5) is 12.1. The Morgan fingerprint density at radius 1 is 1.44 bits per heavy atom. The molecule has 0 amide bonds. The van der Waals surface area contributed by atoms with Gasteiger partial charge in [-0.3, -0.25) is 14.2 Å². The van der Waals surface area contributed by atoms with Crippen molar-refractivity contribution in [3.63, 3.8) is 0 Å². The van der Waals surface area contributed by atoms with Gasteiger partial charge in [-0.1, -0.05) is 0 Å². The zero-order valence-corrected chi connectivity index (χ0v) is 11.2. The van der Waals surface area contributed by atoms with Crippen LogP contribution in [0.25, 0.3) is 0 Å². The molecule has 96 valence electrons. The fraction of sp³-hybridized carbons (Fsp3) is 0.462. The van der Waals surface area contributed by atoms with E-state index in [1.165, 1.54) is 0 Å². The molecule has 2 rings (SSSR count). The van der Waals surface area contributed by atoms with Crippen molar-refractivity contribution in [1.82, 2.24) is 19.6 Å². The minimum atomic E-state index is 0.0645. The summed E-state index contributed by atoms with van der Waals surface area (Å²) in [5.41, 5.74) is 2.37. The van der Waals surface area contributed by atoms with Gasteiger partial charge in [0.2, 0.25) is 0 Å². The van der Waals surface area contributed by atoms with Crippen LogP contribution < -0.4 is 0 Å². The number of aryl methyl sites for hydroxylation is 1. The standard InChI is InChI=1S/C13H18N4O/c1-9(2)17-6-5-11(15-17)7-13(18)12-8-14-16(4)10(12)3/h5-6,8-9H,7H2,1-4H3. The Hall–Kier alpha value is -1.91. The van der Waals surface area contributed by atoms with Gasteiger partial charge in [0, 0.05) is 25.0 Å². The Bertz CT molecular complexity index is 565. The van der Waals surface area contributed by atoms with E-state index in [1.807, 2.05) is 30.9 Å². The van der Waals surface area contributed by atoms with Crippen LogP contribution in [0, 0.1) is 6.92 Å². The summed E-state index contributed by atoms with van der Waals surface area (Å²) in [5, 5.41) is 8.46. The summed E-state index contributed by atoms with van der Waals surface area (Å²) in [6.07, 6.45) is 3.85. The maximum absolute atomic E-state index is 12.1. The van der Waals surface area contributed by atoms with E-state index in [0.29, 0.717) is 18.0 Å². The molecule has 0 unspecified atom stereocenters. The zero-order valence-electron chi connectivity index (χ0n) is 11.2. The highest BCUT2D eigenvalue weighted by molar-refractivity contribution is 5.98. The van der Waals surface area contributed by atoms with Crippen molar-refractivity contribution in [1.29, 1.82) is 0 Å². The minimum absolute atomic E-state index is 0.0645. The lowest BCUT2D eigenvalue weighted by Crippen LogP contribution is -2.07. The van der Waals surface area contributed by atoms with E-state index in [4.69, 9.17) is 0 Å². The predicted octanol–water partition coefficient (Wildman–Crippen LogP) is 1.93. The molecular formula is C13H18N4O. The SMILES string of the molecule is Cc1c(C(=O)Cc2ccn(C(C)C)n2)cnn1C. The van der Waals surface area contributed by atoms with Gasteiger partial charge in [-0.05, 0) is 26.8 Å². The van der Waals surface area contributed by atoms with Gasteiger partial charge < -0.3 is 0 Å². The molecule has 0 saturated heterocycles. The second-order valence-electron chi connectivity index (χ2n) is 4.75. The number of carbonyl (C=O) groups excluding carboxylic acids is 1. The largest absolute Gasteiger partial charge is 0.294 e. The lowest BCUT2D eigenvalue weighted by atomic mass is 10.1. The number of rotatable bonds is 4. The van der Waals surface area contributed by atoms with Crippen LogP contribution in [0.15, 0.2) is 18.5 Å². The molecule has 0 radical (unpaired) electrons. The summed E-state index contributed by atoms with van der Waals surface area (Å²) in [7, 11) is 1.83. The molecule has 0 aromatic carbocycles. The molecule has 5 heteroatoms. The Kier molecular flexibility index (Phi) is 3.32. The van der Waals surface area contributed by atoms with E-state index >= 15 is 0 Å². The van der Waals surface area contributed by atoms with Crippen LogP contribution in [0.3, 0.4) is 0 Å². The number of Topliss-reactive ketones (excluding diaryl/α,β-unsaturated/α-hetero) is 1. The highest BCUT2D eigenvalue weighted by Gasteiger charge is 2.14. The monoisotopic (exact) mass is 246 g/mol. The number of carbonyl (C=O) groups is 1. The maximum Gasteiger partial charge on any atom is 0.172 e. The summed E-state index contributed by atoms with van der Waals surface area (Å²) in [6.45, 7) is 6.01. The average Bonchev–Trinajstić information content (AvgIpc) is 2.88. The smallest absolute Gasteiger partial charge is 0.172 e. The second kappa shape index (κ2) is 4.76. The van der Waals surface area contributed by atoms with Gasteiger partial charge in [-0.15, -0.1) is 0 Å². The first-order valence-electron chi connectivity index (χ1n) is 6.05. The van der Waals surface area contributed by atoms with E-state index in [0.717, 1.165) is 11.4 Å². The van der Waals surface area contributed by atoms with Crippen LogP contribution in [0.2, 0.25) is 0 Å². The molecular weight excluding hydrogens is 228 g/mol. The molecule has 0 spiro atoms. The molecule has 5 nitrogen and oxygen atoms in total. The van der Waals surface area contributed by atoms with Crippen LogP contribution in [0.5, 0.6) is 0 Å². The first-order chi connectivity index (χ1) is 8.49. The summed E-state index contributed by atoms with van der Waals surface area (Å²) in [6, 6.07) is 2.21. The third-order valence-corrected chi connectivity index (χ3v) is 3.07. The van der Waals surface area contributed by atoms with E-state index in [2.05, 4.69) is 24.0 Å². The second-order valence-corrected chi connectivity index (χ2v) is 4.75. The maximum atomic E-state index is 12.1.